The minimum Gasteiger partial charge on any atom is -0.456 e. The first-order chi connectivity index (χ1) is 30.8. The molecule has 0 atom stereocenters. The Hall–Kier alpha value is -8.21. The normalized spacial score (nSPS) is 12.6. The fourth-order valence-electron chi connectivity index (χ4n) is 9.80. The van der Waals surface area contributed by atoms with Gasteiger partial charge in [-0.05, 0) is 73.8 Å². The van der Waals surface area contributed by atoms with Gasteiger partial charge in [0.1, 0.15) is 11.2 Å². The summed E-state index contributed by atoms with van der Waals surface area (Å²) in [6.45, 7) is 0. The molecular weight excluding hydrogens is 755 g/mol. The molecule has 0 radical (unpaired) electrons. The molecular formula is C58H37N3O. The molecule has 0 amide bonds. The molecule has 11 aromatic rings. The van der Waals surface area contributed by atoms with Crippen LogP contribution in [0.15, 0.2) is 229 Å². The summed E-state index contributed by atoms with van der Waals surface area (Å²) in [7, 11) is 0. The van der Waals surface area contributed by atoms with Crippen LogP contribution in [0.5, 0.6) is 0 Å². The second-order valence-electron chi connectivity index (χ2n) is 15.8. The van der Waals surface area contributed by atoms with Gasteiger partial charge in [0.15, 0.2) is 17.5 Å². The van der Waals surface area contributed by atoms with E-state index < -0.39 is 5.41 Å². The lowest BCUT2D eigenvalue weighted by Gasteiger charge is -2.34. The monoisotopic (exact) mass is 791 g/mol. The summed E-state index contributed by atoms with van der Waals surface area (Å²) >= 11 is 0. The predicted molar refractivity (Wildman–Crippen MR) is 252 cm³/mol. The van der Waals surface area contributed by atoms with Crippen LogP contribution in [0.2, 0.25) is 0 Å². The summed E-state index contributed by atoms with van der Waals surface area (Å²) in [5.74, 6) is 1.80. The molecule has 2 aromatic heterocycles. The van der Waals surface area contributed by atoms with Crippen molar-refractivity contribution in [2.75, 3.05) is 0 Å². The third-order valence-electron chi connectivity index (χ3n) is 12.4. The van der Waals surface area contributed by atoms with Crippen LogP contribution < -0.4 is 0 Å². The Bertz CT molecular complexity index is 3410. The van der Waals surface area contributed by atoms with E-state index in [2.05, 4.69) is 170 Å². The van der Waals surface area contributed by atoms with Gasteiger partial charge in [0.2, 0.25) is 0 Å². The number of hydrogen-bond donors (Lipinski definition) is 0. The van der Waals surface area contributed by atoms with Crippen LogP contribution in [0, 0.1) is 0 Å². The van der Waals surface area contributed by atoms with Gasteiger partial charge in [-0.1, -0.05) is 206 Å². The average Bonchev–Trinajstić information content (AvgIpc) is 3.89. The standard InChI is InChI=1S/C58H37N3O/c1-5-19-38(20-6-1)43-27-13-14-28-45(43)56-59-55(39-21-7-2-8-22-39)60-57(61-56)47-31-18-34-52-54(47)48-37-40(35-36-51(48)62-52)44-30-17-33-50-53(44)46-29-15-16-32-49(46)58(50,41-23-9-3-10-24-41)42-25-11-4-12-26-42/h1-37H. The smallest absolute Gasteiger partial charge is 0.164 e. The van der Waals surface area contributed by atoms with Crippen LogP contribution in [0.25, 0.3) is 89.5 Å². The highest BCUT2D eigenvalue weighted by Gasteiger charge is 2.46. The van der Waals surface area contributed by atoms with Gasteiger partial charge in [-0.25, -0.2) is 15.0 Å². The number of furan rings is 1. The van der Waals surface area contributed by atoms with Gasteiger partial charge in [-0.2, -0.15) is 0 Å². The Morgan fingerprint density at radius 1 is 0.323 bits per heavy atom. The lowest BCUT2D eigenvalue weighted by molar-refractivity contribution is 0.669. The van der Waals surface area contributed by atoms with Crippen molar-refractivity contribution >= 4 is 21.9 Å². The van der Waals surface area contributed by atoms with Crippen LogP contribution in [0.1, 0.15) is 22.3 Å². The van der Waals surface area contributed by atoms with Crippen molar-refractivity contribution in [2.24, 2.45) is 0 Å². The van der Waals surface area contributed by atoms with Gasteiger partial charge in [-0.3, -0.25) is 0 Å². The van der Waals surface area contributed by atoms with E-state index in [0.29, 0.717) is 17.5 Å². The maximum Gasteiger partial charge on any atom is 0.164 e. The molecule has 290 valence electrons. The van der Waals surface area contributed by atoms with Crippen molar-refractivity contribution in [3.63, 3.8) is 0 Å². The quantitative estimate of drug-likeness (QED) is 0.161. The van der Waals surface area contributed by atoms with Gasteiger partial charge >= 0.3 is 0 Å². The third kappa shape index (κ3) is 5.58. The summed E-state index contributed by atoms with van der Waals surface area (Å²) < 4.78 is 6.64. The van der Waals surface area contributed by atoms with Crippen molar-refractivity contribution in [3.8, 4) is 67.5 Å². The zero-order valence-electron chi connectivity index (χ0n) is 33.6. The van der Waals surface area contributed by atoms with E-state index in [-0.39, 0.29) is 0 Å². The molecule has 1 aliphatic rings. The fraction of sp³-hybridized carbons (Fsp3) is 0.0172. The van der Waals surface area contributed by atoms with Gasteiger partial charge in [0.05, 0.1) is 5.41 Å². The molecule has 4 nitrogen and oxygen atoms in total. The molecule has 0 saturated heterocycles. The van der Waals surface area contributed by atoms with E-state index in [1.54, 1.807) is 0 Å². The molecule has 12 rings (SSSR count). The zero-order chi connectivity index (χ0) is 41.0. The van der Waals surface area contributed by atoms with E-state index in [1.807, 2.05) is 54.6 Å². The first-order valence-electron chi connectivity index (χ1n) is 21.0. The second kappa shape index (κ2) is 14.5. The second-order valence-corrected chi connectivity index (χ2v) is 15.8. The molecule has 0 fully saturated rings. The minimum atomic E-state index is -0.490. The molecule has 0 unspecified atom stereocenters. The Labute approximate surface area is 359 Å². The molecule has 0 saturated carbocycles. The number of rotatable bonds is 7. The molecule has 0 bridgehead atoms. The third-order valence-corrected chi connectivity index (χ3v) is 12.4. The molecule has 0 N–H and O–H groups in total. The number of benzene rings is 9. The van der Waals surface area contributed by atoms with E-state index >= 15 is 0 Å². The van der Waals surface area contributed by atoms with Gasteiger partial charge in [-0.15, -0.1) is 0 Å². The maximum atomic E-state index is 6.64. The van der Waals surface area contributed by atoms with Crippen molar-refractivity contribution in [2.45, 2.75) is 5.41 Å². The van der Waals surface area contributed by atoms with Gasteiger partial charge in [0, 0.05) is 27.5 Å². The summed E-state index contributed by atoms with van der Waals surface area (Å²) in [5, 5.41) is 1.97. The fourth-order valence-corrected chi connectivity index (χ4v) is 9.80. The Morgan fingerprint density at radius 3 is 1.55 bits per heavy atom. The summed E-state index contributed by atoms with van der Waals surface area (Å²) in [5.41, 5.74) is 15.8. The minimum absolute atomic E-state index is 0.490. The van der Waals surface area contributed by atoms with Crippen LogP contribution in [-0.2, 0) is 5.41 Å². The van der Waals surface area contributed by atoms with E-state index in [0.717, 1.165) is 55.3 Å². The first kappa shape index (κ1) is 35.7. The highest BCUT2D eigenvalue weighted by molar-refractivity contribution is 6.13. The summed E-state index contributed by atoms with van der Waals surface area (Å²) in [6, 6.07) is 79.3. The topological polar surface area (TPSA) is 51.8 Å². The Morgan fingerprint density at radius 2 is 0.839 bits per heavy atom. The predicted octanol–water partition coefficient (Wildman–Crippen LogP) is 14.5. The highest BCUT2D eigenvalue weighted by atomic mass is 16.3. The molecule has 62 heavy (non-hydrogen) atoms. The van der Waals surface area contributed by atoms with Gasteiger partial charge < -0.3 is 4.42 Å². The number of hydrogen-bond acceptors (Lipinski definition) is 4. The van der Waals surface area contributed by atoms with Crippen molar-refractivity contribution in [3.05, 3.63) is 247 Å². The zero-order valence-corrected chi connectivity index (χ0v) is 33.6. The Kier molecular flexibility index (Phi) is 8.36. The first-order valence-corrected chi connectivity index (χ1v) is 21.0. The number of fused-ring (bicyclic) bond motifs is 6. The molecule has 4 heteroatoms. The molecule has 0 spiro atoms. The molecule has 1 aliphatic carbocycles. The summed E-state index contributed by atoms with van der Waals surface area (Å²) in [6.07, 6.45) is 0. The van der Waals surface area contributed by atoms with Gasteiger partial charge in [0.25, 0.3) is 0 Å². The number of nitrogens with zero attached hydrogens (tertiary/aromatic N) is 3. The van der Waals surface area contributed by atoms with Crippen LogP contribution in [0.3, 0.4) is 0 Å². The molecule has 0 aliphatic heterocycles. The largest absolute Gasteiger partial charge is 0.456 e. The molecule has 2 heterocycles. The Balaban J connectivity index is 1.08. The lowest BCUT2D eigenvalue weighted by Crippen LogP contribution is -2.28. The van der Waals surface area contributed by atoms with Crippen molar-refractivity contribution < 1.29 is 4.42 Å². The van der Waals surface area contributed by atoms with Crippen LogP contribution in [-0.4, -0.2) is 15.0 Å². The van der Waals surface area contributed by atoms with E-state index in [9.17, 15) is 0 Å². The highest BCUT2D eigenvalue weighted by Crippen LogP contribution is 2.58. The maximum absolute atomic E-state index is 6.64. The number of aromatic nitrogens is 3. The SMILES string of the molecule is c1ccc(-c2nc(-c3ccccc3-c3ccccc3)nc(-c3cccc4oc5ccc(-c6cccc7c6-c6ccccc6C7(c6ccccc6)c6ccccc6)cc5c34)n2)cc1. The average molecular weight is 792 g/mol. The molecule has 9 aromatic carbocycles. The van der Waals surface area contributed by atoms with Crippen molar-refractivity contribution in [1.29, 1.82) is 0 Å². The van der Waals surface area contributed by atoms with Crippen LogP contribution >= 0.6 is 0 Å². The van der Waals surface area contributed by atoms with Crippen molar-refractivity contribution in [1.82, 2.24) is 15.0 Å². The van der Waals surface area contributed by atoms with Crippen LogP contribution in [0.4, 0.5) is 0 Å². The summed E-state index contributed by atoms with van der Waals surface area (Å²) in [4.78, 5) is 15.6. The lowest BCUT2D eigenvalue weighted by atomic mass is 9.67. The van der Waals surface area contributed by atoms with E-state index in [4.69, 9.17) is 19.4 Å². The van der Waals surface area contributed by atoms with E-state index in [1.165, 1.54) is 38.9 Å².